The lowest BCUT2D eigenvalue weighted by atomic mass is 9.86. The van der Waals surface area contributed by atoms with Gasteiger partial charge in [0.15, 0.2) is 11.6 Å². The number of hydrogen-bond acceptors (Lipinski definition) is 8. The zero-order valence-electron chi connectivity index (χ0n) is 26.5. The minimum absolute atomic E-state index is 0.0301. The molecule has 6 rings (SSSR count). The monoisotopic (exact) mass is 626 g/mol. The van der Waals surface area contributed by atoms with Gasteiger partial charge in [-0.25, -0.2) is 9.37 Å². The third-order valence-corrected chi connectivity index (χ3v) is 8.28. The number of amides is 1. The van der Waals surface area contributed by atoms with Crippen molar-refractivity contribution in [3.05, 3.63) is 92.3 Å². The Morgan fingerprint density at radius 2 is 1.83 bits per heavy atom. The van der Waals surface area contributed by atoms with E-state index in [4.69, 9.17) is 0 Å². The molecule has 0 saturated heterocycles. The molecule has 46 heavy (non-hydrogen) atoms. The van der Waals surface area contributed by atoms with Crippen LogP contribution in [0.2, 0.25) is 0 Å². The number of carbonyl (C=O) groups excluding carboxylic acids is 1. The molecule has 0 unspecified atom stereocenters. The SMILES string of the molecule is CC(C)N1Cc2cc(Nc3cc(-c4ccnc(-n5ncc6cc(C(C)(C)C)cc(F)c6c5=O)c4CO)cn(C)c3=O)nn2CC1=O. The molecular formula is C33H35FN8O4. The van der Waals surface area contributed by atoms with Crippen LogP contribution in [0, 0.1) is 5.82 Å². The third kappa shape index (κ3) is 5.36. The molecule has 1 aliphatic heterocycles. The summed E-state index contributed by atoms with van der Waals surface area (Å²) in [6.07, 6.45) is 4.48. The van der Waals surface area contributed by atoms with Crippen molar-refractivity contribution in [2.45, 2.75) is 65.8 Å². The van der Waals surface area contributed by atoms with Gasteiger partial charge < -0.3 is 19.9 Å². The number of aliphatic hydroxyl groups excluding tert-OH is 1. The number of aromatic nitrogens is 6. The summed E-state index contributed by atoms with van der Waals surface area (Å²) in [5.41, 5.74) is 1.70. The van der Waals surface area contributed by atoms with E-state index in [0.29, 0.717) is 28.9 Å². The predicted molar refractivity (Wildman–Crippen MR) is 172 cm³/mol. The standard InChI is InChI=1S/C33H35FN8O4/c1-18(2)40-15-22-12-27(38-41(22)16-28(40)44)37-26-10-20(14-39(6)31(26)45)23-7-8-35-30(24(23)17-43)42-32(46)29-19(13-36-42)9-21(11-25(29)34)33(3,4)5/h7-14,18,43H,15-17H2,1-6H3,(H,37,38). The molecule has 0 fully saturated rings. The topological polar surface area (TPSA) is 140 Å². The second-order valence-electron chi connectivity index (χ2n) is 12.8. The van der Waals surface area contributed by atoms with Crippen LogP contribution >= 0.6 is 0 Å². The zero-order chi connectivity index (χ0) is 33.1. The Labute approximate surface area is 263 Å². The van der Waals surface area contributed by atoms with Crippen LogP contribution in [0.3, 0.4) is 0 Å². The molecule has 1 aromatic carbocycles. The van der Waals surface area contributed by atoms with Gasteiger partial charge >= 0.3 is 0 Å². The van der Waals surface area contributed by atoms with Gasteiger partial charge in [-0.15, -0.1) is 0 Å². The van der Waals surface area contributed by atoms with Crippen LogP contribution in [0.15, 0.2) is 58.5 Å². The second kappa shape index (κ2) is 11.3. The maximum absolute atomic E-state index is 15.3. The van der Waals surface area contributed by atoms with E-state index in [9.17, 15) is 19.5 Å². The van der Waals surface area contributed by atoms with Gasteiger partial charge in [-0.2, -0.15) is 14.9 Å². The summed E-state index contributed by atoms with van der Waals surface area (Å²) in [5, 5.41) is 22.6. The van der Waals surface area contributed by atoms with Crippen molar-refractivity contribution in [3.8, 4) is 16.9 Å². The Bertz CT molecular complexity index is 2140. The maximum atomic E-state index is 15.3. The van der Waals surface area contributed by atoms with Crippen LogP contribution in [0.4, 0.5) is 15.9 Å². The van der Waals surface area contributed by atoms with Gasteiger partial charge in [-0.3, -0.25) is 19.1 Å². The highest BCUT2D eigenvalue weighted by Gasteiger charge is 2.27. The zero-order valence-corrected chi connectivity index (χ0v) is 26.5. The van der Waals surface area contributed by atoms with Crippen molar-refractivity contribution < 1.29 is 14.3 Å². The van der Waals surface area contributed by atoms with Gasteiger partial charge in [0.2, 0.25) is 5.91 Å². The maximum Gasteiger partial charge on any atom is 0.283 e. The molecule has 0 aliphatic carbocycles. The molecule has 238 valence electrons. The van der Waals surface area contributed by atoms with Crippen LogP contribution in [0.1, 0.15) is 51.4 Å². The molecule has 1 aliphatic rings. The number of nitrogens with zero attached hydrogens (tertiary/aromatic N) is 7. The van der Waals surface area contributed by atoms with E-state index in [2.05, 4.69) is 20.5 Å². The quantitative estimate of drug-likeness (QED) is 0.290. The van der Waals surface area contributed by atoms with E-state index in [-0.39, 0.29) is 51.9 Å². The fourth-order valence-electron chi connectivity index (χ4n) is 5.73. The number of anilines is 2. The number of nitrogens with one attached hydrogen (secondary N) is 1. The molecule has 5 aromatic rings. The summed E-state index contributed by atoms with van der Waals surface area (Å²) in [6.45, 7) is 9.77. The number of hydrogen-bond donors (Lipinski definition) is 2. The number of halogens is 1. The predicted octanol–water partition coefficient (Wildman–Crippen LogP) is 3.77. The Hall–Kier alpha value is -5.17. The number of benzene rings is 1. The highest BCUT2D eigenvalue weighted by Crippen LogP contribution is 2.30. The largest absolute Gasteiger partial charge is 0.392 e. The lowest BCUT2D eigenvalue weighted by Gasteiger charge is -2.30. The Morgan fingerprint density at radius 3 is 2.52 bits per heavy atom. The molecule has 5 heterocycles. The molecule has 13 heteroatoms. The van der Waals surface area contributed by atoms with Crippen LogP contribution in [-0.4, -0.2) is 51.1 Å². The molecule has 0 atom stereocenters. The second-order valence-corrected chi connectivity index (χ2v) is 12.8. The van der Waals surface area contributed by atoms with Crippen molar-refractivity contribution in [2.75, 3.05) is 5.32 Å². The normalized spacial score (nSPS) is 13.5. The van der Waals surface area contributed by atoms with Gasteiger partial charge in [0, 0.05) is 48.1 Å². The van der Waals surface area contributed by atoms with Gasteiger partial charge in [0.1, 0.15) is 18.0 Å². The minimum Gasteiger partial charge on any atom is -0.392 e. The summed E-state index contributed by atoms with van der Waals surface area (Å²) >= 11 is 0. The molecule has 0 radical (unpaired) electrons. The summed E-state index contributed by atoms with van der Waals surface area (Å²) in [4.78, 5) is 45.4. The van der Waals surface area contributed by atoms with Crippen LogP contribution in [-0.2, 0) is 37.0 Å². The third-order valence-electron chi connectivity index (χ3n) is 8.28. The Kier molecular flexibility index (Phi) is 7.59. The average molecular weight is 627 g/mol. The average Bonchev–Trinajstić information content (AvgIpc) is 3.38. The Balaban J connectivity index is 1.41. The molecular weight excluding hydrogens is 591 g/mol. The van der Waals surface area contributed by atoms with Crippen LogP contribution in [0.25, 0.3) is 27.7 Å². The smallest absolute Gasteiger partial charge is 0.283 e. The number of rotatable bonds is 6. The van der Waals surface area contributed by atoms with Gasteiger partial charge in [0.05, 0.1) is 30.4 Å². The number of pyridine rings is 2. The van der Waals surface area contributed by atoms with Crippen molar-refractivity contribution in [1.82, 2.24) is 34.0 Å². The molecule has 4 aromatic heterocycles. The molecule has 12 nitrogen and oxygen atoms in total. The van der Waals surface area contributed by atoms with Gasteiger partial charge in [-0.05, 0) is 54.7 Å². The minimum atomic E-state index is -0.712. The number of aliphatic hydroxyl groups is 1. The van der Waals surface area contributed by atoms with Gasteiger partial charge in [-0.1, -0.05) is 20.8 Å². The van der Waals surface area contributed by atoms with Crippen molar-refractivity contribution >= 4 is 28.2 Å². The molecule has 2 N–H and O–H groups in total. The lowest BCUT2D eigenvalue weighted by molar-refractivity contribution is -0.136. The van der Waals surface area contributed by atoms with E-state index < -0.39 is 18.0 Å². The van der Waals surface area contributed by atoms with E-state index >= 15 is 4.39 Å². The Morgan fingerprint density at radius 1 is 1.07 bits per heavy atom. The summed E-state index contributed by atoms with van der Waals surface area (Å²) in [7, 11) is 1.60. The van der Waals surface area contributed by atoms with E-state index in [0.717, 1.165) is 15.9 Å². The van der Waals surface area contributed by atoms with Crippen molar-refractivity contribution in [1.29, 1.82) is 0 Å². The number of aryl methyl sites for hydroxylation is 1. The van der Waals surface area contributed by atoms with E-state index in [1.54, 1.807) is 47.1 Å². The van der Waals surface area contributed by atoms with Crippen molar-refractivity contribution in [2.24, 2.45) is 7.05 Å². The first-order chi connectivity index (χ1) is 21.8. The van der Waals surface area contributed by atoms with Gasteiger partial charge in [0.25, 0.3) is 11.1 Å². The highest BCUT2D eigenvalue weighted by atomic mass is 19.1. The van der Waals surface area contributed by atoms with E-state index in [1.807, 2.05) is 34.6 Å². The molecule has 0 spiro atoms. The first-order valence-corrected chi connectivity index (χ1v) is 14.9. The number of carbonyl (C=O) groups is 1. The summed E-state index contributed by atoms with van der Waals surface area (Å²) in [5.74, 6) is -0.251. The first kappa shape index (κ1) is 30.8. The molecule has 0 bridgehead atoms. The molecule has 0 saturated carbocycles. The number of fused-ring (bicyclic) bond motifs is 2. The highest BCUT2D eigenvalue weighted by molar-refractivity contribution is 5.83. The summed E-state index contributed by atoms with van der Waals surface area (Å²) in [6, 6.07) is 8.24. The fourth-order valence-corrected chi connectivity index (χ4v) is 5.73. The first-order valence-electron chi connectivity index (χ1n) is 14.9. The van der Waals surface area contributed by atoms with E-state index in [1.165, 1.54) is 23.0 Å². The van der Waals surface area contributed by atoms with Crippen LogP contribution < -0.4 is 16.4 Å². The summed E-state index contributed by atoms with van der Waals surface area (Å²) < 4.78 is 19.3. The van der Waals surface area contributed by atoms with Crippen molar-refractivity contribution in [3.63, 3.8) is 0 Å². The van der Waals surface area contributed by atoms with Crippen LogP contribution in [0.5, 0.6) is 0 Å². The molecule has 1 amide bonds. The fraction of sp³-hybridized carbons (Fsp3) is 0.333. The lowest BCUT2D eigenvalue weighted by Crippen LogP contribution is -2.43.